The first kappa shape index (κ1) is 17.1. The number of thiazole rings is 1. The molecule has 1 aliphatic rings. The molecule has 2 rings (SSSR count). The minimum atomic E-state index is 0. The van der Waals surface area contributed by atoms with Crippen LogP contribution in [0, 0.1) is 6.92 Å². The lowest BCUT2D eigenvalue weighted by Crippen LogP contribution is -2.49. The van der Waals surface area contributed by atoms with Crippen molar-refractivity contribution in [1.82, 2.24) is 15.2 Å². The van der Waals surface area contributed by atoms with Gasteiger partial charge in [0.05, 0.1) is 11.2 Å². The minimum absolute atomic E-state index is 0. The van der Waals surface area contributed by atoms with Crippen molar-refractivity contribution in [3.8, 4) is 0 Å². The third-order valence-corrected chi connectivity index (χ3v) is 3.95. The molecule has 1 fully saturated rings. The summed E-state index contributed by atoms with van der Waals surface area (Å²) in [5.41, 5.74) is 3.16. The summed E-state index contributed by atoms with van der Waals surface area (Å²) in [6.07, 6.45) is 1.16. The molecule has 0 saturated carbocycles. The zero-order valence-electron chi connectivity index (χ0n) is 10.3. The zero-order valence-corrected chi connectivity index (χ0v) is 12.8. The van der Waals surface area contributed by atoms with Gasteiger partial charge in [0.15, 0.2) is 0 Å². The molecule has 2 heterocycles. The summed E-state index contributed by atoms with van der Waals surface area (Å²) in [5, 5.41) is 3.47. The Labute approximate surface area is 120 Å². The molecule has 0 radical (unpaired) electrons. The average Bonchev–Trinajstić information content (AvgIpc) is 2.61. The Morgan fingerprint density at radius 2 is 2.29 bits per heavy atom. The first-order valence-corrected chi connectivity index (χ1v) is 6.48. The second-order valence-electron chi connectivity index (χ2n) is 4.27. The fourth-order valence-electron chi connectivity index (χ4n) is 2.04. The summed E-state index contributed by atoms with van der Waals surface area (Å²) in [7, 11) is 0. The molecule has 0 aliphatic carbocycles. The summed E-state index contributed by atoms with van der Waals surface area (Å²) >= 11 is 1.79. The van der Waals surface area contributed by atoms with E-state index in [1.807, 2.05) is 5.51 Å². The summed E-state index contributed by atoms with van der Waals surface area (Å²) in [4.78, 5) is 8.27. The molecule has 1 aromatic heterocycles. The van der Waals surface area contributed by atoms with Gasteiger partial charge < -0.3 is 10.2 Å². The molecule has 17 heavy (non-hydrogen) atoms. The third kappa shape index (κ3) is 5.10. The highest BCUT2D eigenvalue weighted by molar-refractivity contribution is 7.09. The Bertz CT molecular complexity index is 319. The third-order valence-electron chi connectivity index (χ3n) is 2.95. The quantitative estimate of drug-likeness (QED) is 0.926. The van der Waals surface area contributed by atoms with Crippen LogP contribution in [0.4, 0.5) is 0 Å². The molecule has 0 spiro atoms. The number of aromatic nitrogens is 1. The Morgan fingerprint density at radius 1 is 1.53 bits per heavy atom. The van der Waals surface area contributed by atoms with Crippen LogP contribution in [0.3, 0.4) is 0 Å². The van der Waals surface area contributed by atoms with Crippen molar-refractivity contribution >= 4 is 36.2 Å². The average molecular weight is 298 g/mol. The maximum atomic E-state index is 4.28. The lowest BCUT2D eigenvalue weighted by Gasteiger charge is -2.31. The molecule has 1 atom stereocenters. The summed E-state index contributed by atoms with van der Waals surface area (Å²) < 4.78 is 0. The molecule has 1 aliphatic heterocycles. The van der Waals surface area contributed by atoms with E-state index in [2.05, 4.69) is 29.0 Å². The summed E-state index contributed by atoms with van der Waals surface area (Å²) in [6.45, 7) is 9.02. The Morgan fingerprint density at radius 3 is 2.88 bits per heavy atom. The van der Waals surface area contributed by atoms with Gasteiger partial charge in [0.1, 0.15) is 0 Å². The predicted molar refractivity (Wildman–Crippen MR) is 79.0 cm³/mol. The van der Waals surface area contributed by atoms with Gasteiger partial charge in [-0.3, -0.25) is 0 Å². The summed E-state index contributed by atoms with van der Waals surface area (Å²) in [5.74, 6) is 0. The van der Waals surface area contributed by atoms with Crippen LogP contribution in [-0.4, -0.2) is 42.1 Å². The highest BCUT2D eigenvalue weighted by Crippen LogP contribution is 2.13. The number of aryl methyl sites for hydroxylation is 1. The van der Waals surface area contributed by atoms with E-state index < -0.39 is 0 Å². The van der Waals surface area contributed by atoms with Gasteiger partial charge in [-0.15, -0.1) is 36.2 Å². The highest BCUT2D eigenvalue weighted by atomic mass is 35.5. The summed E-state index contributed by atoms with van der Waals surface area (Å²) in [6, 6.07) is 0.640. The number of nitrogens with one attached hydrogen (secondary N) is 1. The molecule has 1 saturated heterocycles. The first-order valence-electron chi connectivity index (χ1n) is 5.60. The second-order valence-corrected chi connectivity index (χ2v) is 5.21. The fourth-order valence-corrected chi connectivity index (χ4v) is 2.81. The maximum absolute atomic E-state index is 4.28. The van der Waals surface area contributed by atoms with Crippen LogP contribution >= 0.6 is 36.2 Å². The number of hydrogen-bond acceptors (Lipinski definition) is 4. The van der Waals surface area contributed by atoms with Gasteiger partial charge in [0.25, 0.3) is 0 Å². The van der Waals surface area contributed by atoms with Crippen molar-refractivity contribution in [3.05, 3.63) is 16.1 Å². The molecule has 0 amide bonds. The monoisotopic (exact) mass is 297 g/mol. The number of piperazine rings is 1. The van der Waals surface area contributed by atoms with E-state index >= 15 is 0 Å². The van der Waals surface area contributed by atoms with Gasteiger partial charge in [-0.2, -0.15) is 0 Å². The van der Waals surface area contributed by atoms with Gasteiger partial charge >= 0.3 is 0 Å². The topological polar surface area (TPSA) is 28.2 Å². The predicted octanol–water partition coefficient (Wildman–Crippen LogP) is 2.13. The van der Waals surface area contributed by atoms with E-state index in [4.69, 9.17) is 0 Å². The first-order chi connectivity index (χ1) is 7.25. The molecule has 100 valence electrons. The van der Waals surface area contributed by atoms with E-state index in [1.165, 1.54) is 30.2 Å². The van der Waals surface area contributed by atoms with Crippen molar-refractivity contribution in [1.29, 1.82) is 0 Å². The van der Waals surface area contributed by atoms with E-state index in [0.29, 0.717) is 6.04 Å². The van der Waals surface area contributed by atoms with Gasteiger partial charge in [-0.25, -0.2) is 4.98 Å². The van der Waals surface area contributed by atoms with Gasteiger partial charge in [0.2, 0.25) is 0 Å². The van der Waals surface area contributed by atoms with Crippen molar-refractivity contribution in [2.45, 2.75) is 26.3 Å². The molecule has 6 heteroatoms. The van der Waals surface area contributed by atoms with E-state index in [-0.39, 0.29) is 24.8 Å². The van der Waals surface area contributed by atoms with E-state index in [1.54, 1.807) is 11.3 Å². The Balaban J connectivity index is 0.00000128. The fraction of sp³-hybridized carbons (Fsp3) is 0.727. The second kappa shape index (κ2) is 8.27. The smallest absolute Gasteiger partial charge is 0.0797 e. The minimum Gasteiger partial charge on any atom is -0.312 e. The van der Waals surface area contributed by atoms with Crippen molar-refractivity contribution in [2.24, 2.45) is 0 Å². The largest absolute Gasteiger partial charge is 0.312 e. The van der Waals surface area contributed by atoms with Gasteiger partial charge in [0, 0.05) is 37.1 Å². The van der Waals surface area contributed by atoms with Crippen molar-refractivity contribution < 1.29 is 0 Å². The molecular weight excluding hydrogens is 277 g/mol. The molecule has 1 N–H and O–H groups in total. The van der Waals surface area contributed by atoms with Crippen LogP contribution in [0.15, 0.2) is 5.51 Å². The van der Waals surface area contributed by atoms with E-state index in [0.717, 1.165) is 13.0 Å². The van der Waals surface area contributed by atoms with Gasteiger partial charge in [-0.1, -0.05) is 0 Å². The number of nitrogens with zero attached hydrogens (tertiary/aromatic N) is 2. The molecule has 1 aromatic rings. The van der Waals surface area contributed by atoms with Crippen LogP contribution < -0.4 is 5.32 Å². The SMILES string of the molecule is Cc1ncsc1CCN1CCNC(C)C1.Cl.Cl. The molecular formula is C11H21Cl2N3S. The number of halogens is 2. The zero-order chi connectivity index (χ0) is 10.7. The van der Waals surface area contributed by atoms with E-state index in [9.17, 15) is 0 Å². The maximum Gasteiger partial charge on any atom is 0.0797 e. The van der Waals surface area contributed by atoms with Crippen molar-refractivity contribution in [2.75, 3.05) is 26.2 Å². The van der Waals surface area contributed by atoms with Gasteiger partial charge in [-0.05, 0) is 20.3 Å². The van der Waals surface area contributed by atoms with Crippen LogP contribution in [0.2, 0.25) is 0 Å². The van der Waals surface area contributed by atoms with Crippen LogP contribution in [0.1, 0.15) is 17.5 Å². The molecule has 1 unspecified atom stereocenters. The van der Waals surface area contributed by atoms with Crippen LogP contribution in [-0.2, 0) is 6.42 Å². The standard InChI is InChI=1S/C11H19N3S.2ClH/c1-9-7-14(6-4-12-9)5-3-11-10(2)13-8-15-11;;/h8-9,12H,3-7H2,1-2H3;2*1H. The Kier molecular flexibility index (Phi) is 8.33. The van der Waals surface area contributed by atoms with Crippen LogP contribution in [0.5, 0.6) is 0 Å². The molecule has 0 aromatic carbocycles. The number of rotatable bonds is 3. The lowest BCUT2D eigenvalue weighted by molar-refractivity contribution is 0.209. The Hall–Kier alpha value is 0.130. The normalized spacial score (nSPS) is 20.5. The highest BCUT2D eigenvalue weighted by Gasteiger charge is 2.15. The van der Waals surface area contributed by atoms with Crippen LogP contribution in [0.25, 0.3) is 0 Å². The number of hydrogen-bond donors (Lipinski definition) is 1. The molecule has 0 bridgehead atoms. The van der Waals surface area contributed by atoms with Crippen molar-refractivity contribution in [3.63, 3.8) is 0 Å². The molecule has 3 nitrogen and oxygen atoms in total. The lowest BCUT2D eigenvalue weighted by atomic mass is 10.2.